The Morgan fingerprint density at radius 1 is 1.71 bits per heavy atom. The SMILES string of the molecule is CNCC(=O)Nc1cc(Br)cnc1N. The van der Waals surface area contributed by atoms with Crippen molar-refractivity contribution in [1.82, 2.24) is 10.3 Å². The summed E-state index contributed by atoms with van der Waals surface area (Å²) < 4.78 is 0.770. The normalized spacial score (nSPS) is 9.86. The van der Waals surface area contributed by atoms with Gasteiger partial charge in [-0.3, -0.25) is 4.79 Å². The summed E-state index contributed by atoms with van der Waals surface area (Å²) in [5.41, 5.74) is 6.08. The Bertz CT molecular complexity index is 342. The zero-order valence-corrected chi connectivity index (χ0v) is 9.26. The Morgan fingerprint density at radius 3 is 3.07 bits per heavy atom. The standard InChI is InChI=1S/C8H11BrN4O/c1-11-4-7(14)13-6-2-5(9)3-12-8(6)10/h2-3,11H,4H2,1H3,(H2,10,12)(H,13,14). The van der Waals surface area contributed by atoms with Gasteiger partial charge in [-0.1, -0.05) is 0 Å². The van der Waals surface area contributed by atoms with Crippen molar-refractivity contribution in [1.29, 1.82) is 0 Å². The molecule has 0 aromatic carbocycles. The average molecular weight is 259 g/mol. The van der Waals surface area contributed by atoms with Gasteiger partial charge in [0.05, 0.1) is 12.2 Å². The van der Waals surface area contributed by atoms with E-state index in [-0.39, 0.29) is 12.5 Å². The highest BCUT2D eigenvalue weighted by molar-refractivity contribution is 9.10. The summed E-state index contributed by atoms with van der Waals surface area (Å²) >= 11 is 3.24. The van der Waals surface area contributed by atoms with Crippen molar-refractivity contribution in [3.63, 3.8) is 0 Å². The fourth-order valence-electron chi connectivity index (χ4n) is 0.905. The first-order chi connectivity index (χ1) is 6.63. The molecule has 6 heteroatoms. The number of halogens is 1. The molecule has 1 aromatic heterocycles. The molecule has 1 amide bonds. The van der Waals surface area contributed by atoms with Crippen molar-refractivity contribution in [2.75, 3.05) is 24.6 Å². The monoisotopic (exact) mass is 258 g/mol. The Balaban J connectivity index is 2.75. The number of hydrogen-bond donors (Lipinski definition) is 3. The van der Waals surface area contributed by atoms with Gasteiger partial charge in [0.1, 0.15) is 5.82 Å². The summed E-state index contributed by atoms with van der Waals surface area (Å²) in [6.07, 6.45) is 1.57. The lowest BCUT2D eigenvalue weighted by atomic mass is 10.4. The number of likely N-dealkylation sites (N-methyl/N-ethyl adjacent to an activating group) is 1. The number of rotatable bonds is 3. The van der Waals surface area contributed by atoms with Gasteiger partial charge in [0.15, 0.2) is 0 Å². The maximum absolute atomic E-state index is 11.2. The third-order valence-corrected chi connectivity index (χ3v) is 1.93. The fraction of sp³-hybridized carbons (Fsp3) is 0.250. The van der Waals surface area contributed by atoms with Gasteiger partial charge in [-0.2, -0.15) is 0 Å². The number of hydrogen-bond acceptors (Lipinski definition) is 4. The van der Waals surface area contributed by atoms with Crippen molar-refractivity contribution in [3.8, 4) is 0 Å². The minimum Gasteiger partial charge on any atom is -0.382 e. The molecule has 0 radical (unpaired) electrons. The van der Waals surface area contributed by atoms with E-state index in [4.69, 9.17) is 5.73 Å². The molecule has 76 valence electrons. The van der Waals surface area contributed by atoms with Gasteiger partial charge < -0.3 is 16.4 Å². The molecule has 0 spiro atoms. The van der Waals surface area contributed by atoms with Crippen LogP contribution in [0.2, 0.25) is 0 Å². The van der Waals surface area contributed by atoms with Gasteiger partial charge in [-0.15, -0.1) is 0 Å². The topological polar surface area (TPSA) is 80.0 Å². The van der Waals surface area contributed by atoms with Crippen LogP contribution in [0.15, 0.2) is 16.7 Å². The summed E-state index contributed by atoms with van der Waals surface area (Å²) in [5, 5.41) is 5.37. The molecule has 0 aliphatic rings. The lowest BCUT2D eigenvalue weighted by molar-refractivity contribution is -0.115. The highest BCUT2D eigenvalue weighted by atomic mass is 79.9. The van der Waals surface area contributed by atoms with E-state index in [1.807, 2.05) is 0 Å². The minimum atomic E-state index is -0.154. The number of carbonyl (C=O) groups excluding carboxylic acids is 1. The van der Waals surface area contributed by atoms with Crippen molar-refractivity contribution < 1.29 is 4.79 Å². The highest BCUT2D eigenvalue weighted by Crippen LogP contribution is 2.20. The van der Waals surface area contributed by atoms with E-state index in [2.05, 4.69) is 31.5 Å². The van der Waals surface area contributed by atoms with Gasteiger partial charge in [0.25, 0.3) is 0 Å². The van der Waals surface area contributed by atoms with E-state index >= 15 is 0 Å². The molecule has 0 bridgehead atoms. The number of carbonyl (C=O) groups is 1. The number of aromatic nitrogens is 1. The number of amides is 1. The highest BCUT2D eigenvalue weighted by Gasteiger charge is 2.05. The number of nitrogens with two attached hydrogens (primary N) is 1. The van der Waals surface area contributed by atoms with E-state index in [1.165, 1.54) is 0 Å². The first-order valence-electron chi connectivity index (χ1n) is 3.99. The van der Waals surface area contributed by atoms with E-state index in [9.17, 15) is 4.79 Å². The van der Waals surface area contributed by atoms with Crippen LogP contribution in [-0.4, -0.2) is 24.5 Å². The first-order valence-corrected chi connectivity index (χ1v) is 4.78. The molecular weight excluding hydrogens is 248 g/mol. The summed E-state index contributed by atoms with van der Waals surface area (Å²) in [7, 11) is 1.70. The van der Waals surface area contributed by atoms with Crippen LogP contribution in [0.1, 0.15) is 0 Å². The van der Waals surface area contributed by atoms with Crippen LogP contribution in [0, 0.1) is 0 Å². The summed E-state index contributed by atoms with van der Waals surface area (Å²) in [4.78, 5) is 15.1. The molecule has 4 N–H and O–H groups in total. The van der Waals surface area contributed by atoms with Crippen LogP contribution < -0.4 is 16.4 Å². The molecule has 0 aliphatic carbocycles. The fourth-order valence-corrected chi connectivity index (χ4v) is 1.24. The predicted molar refractivity (Wildman–Crippen MR) is 58.9 cm³/mol. The quantitative estimate of drug-likeness (QED) is 0.742. The van der Waals surface area contributed by atoms with Gasteiger partial charge in [-0.05, 0) is 29.0 Å². The second kappa shape index (κ2) is 4.92. The van der Waals surface area contributed by atoms with Crippen LogP contribution in [0.25, 0.3) is 0 Å². The van der Waals surface area contributed by atoms with Gasteiger partial charge >= 0.3 is 0 Å². The van der Waals surface area contributed by atoms with E-state index < -0.39 is 0 Å². The van der Waals surface area contributed by atoms with E-state index in [0.717, 1.165) is 4.47 Å². The molecule has 0 unspecified atom stereocenters. The summed E-state index contributed by atoms with van der Waals surface area (Å²) in [5.74, 6) is 0.150. The van der Waals surface area contributed by atoms with Crippen molar-refractivity contribution >= 4 is 33.3 Å². The smallest absolute Gasteiger partial charge is 0.238 e. The lowest BCUT2D eigenvalue weighted by Gasteiger charge is -2.06. The molecule has 0 atom stereocenters. The van der Waals surface area contributed by atoms with Crippen molar-refractivity contribution in [2.45, 2.75) is 0 Å². The van der Waals surface area contributed by atoms with E-state index in [1.54, 1.807) is 19.3 Å². The molecule has 1 rings (SSSR count). The lowest BCUT2D eigenvalue weighted by Crippen LogP contribution is -2.25. The van der Waals surface area contributed by atoms with Crippen LogP contribution in [0.3, 0.4) is 0 Å². The zero-order chi connectivity index (χ0) is 10.6. The van der Waals surface area contributed by atoms with E-state index in [0.29, 0.717) is 11.5 Å². The molecule has 0 saturated carbocycles. The van der Waals surface area contributed by atoms with Gasteiger partial charge in [0, 0.05) is 10.7 Å². The summed E-state index contributed by atoms with van der Waals surface area (Å²) in [6.45, 7) is 0.242. The number of pyridine rings is 1. The van der Waals surface area contributed by atoms with Crippen LogP contribution in [0.4, 0.5) is 11.5 Å². The Kier molecular flexibility index (Phi) is 3.84. The second-order valence-electron chi connectivity index (χ2n) is 2.66. The molecule has 0 fully saturated rings. The minimum absolute atomic E-state index is 0.154. The Morgan fingerprint density at radius 2 is 2.43 bits per heavy atom. The van der Waals surface area contributed by atoms with Crippen LogP contribution in [-0.2, 0) is 4.79 Å². The maximum atomic E-state index is 11.2. The molecular formula is C8H11BrN4O. The Hall–Kier alpha value is -1.14. The third-order valence-electron chi connectivity index (χ3n) is 1.50. The van der Waals surface area contributed by atoms with Crippen LogP contribution in [0.5, 0.6) is 0 Å². The van der Waals surface area contributed by atoms with Crippen molar-refractivity contribution in [3.05, 3.63) is 16.7 Å². The summed E-state index contributed by atoms with van der Waals surface area (Å²) in [6, 6.07) is 1.70. The van der Waals surface area contributed by atoms with Crippen molar-refractivity contribution in [2.24, 2.45) is 0 Å². The first kappa shape index (κ1) is 10.9. The molecule has 0 saturated heterocycles. The average Bonchev–Trinajstić information content (AvgIpc) is 2.12. The number of nitrogen functional groups attached to an aromatic ring is 1. The number of anilines is 2. The number of nitrogens with one attached hydrogen (secondary N) is 2. The second-order valence-corrected chi connectivity index (χ2v) is 3.58. The maximum Gasteiger partial charge on any atom is 0.238 e. The molecule has 1 aromatic rings. The molecule has 1 heterocycles. The van der Waals surface area contributed by atoms with Gasteiger partial charge in [0.2, 0.25) is 5.91 Å². The molecule has 14 heavy (non-hydrogen) atoms. The van der Waals surface area contributed by atoms with Crippen LogP contribution >= 0.6 is 15.9 Å². The zero-order valence-electron chi connectivity index (χ0n) is 7.67. The third kappa shape index (κ3) is 2.97. The van der Waals surface area contributed by atoms with Gasteiger partial charge in [-0.25, -0.2) is 4.98 Å². The predicted octanol–water partition coefficient (Wildman–Crippen LogP) is 0.584. The molecule has 5 nitrogen and oxygen atoms in total. The number of nitrogens with zero attached hydrogens (tertiary/aromatic N) is 1. The Labute approximate surface area is 90.2 Å². The molecule has 0 aliphatic heterocycles. The largest absolute Gasteiger partial charge is 0.382 e.